The lowest BCUT2D eigenvalue weighted by atomic mass is 9.68. The molecule has 240 valence electrons. The number of rotatable bonds is 6. The fraction of sp³-hybridized carbons (Fsp3) is 0.294. The number of hydrogen-bond donors (Lipinski definition) is 2. The van der Waals surface area contributed by atoms with E-state index < -0.39 is 36.1 Å². The van der Waals surface area contributed by atoms with Crippen molar-refractivity contribution < 1.29 is 32.3 Å². The molecule has 2 aliphatic carbocycles. The summed E-state index contributed by atoms with van der Waals surface area (Å²) < 4.78 is 45.9. The number of aromatic amines is 1. The Morgan fingerprint density at radius 2 is 1.66 bits per heavy atom. The topological polar surface area (TPSA) is 109 Å². The van der Waals surface area contributed by atoms with Crippen LogP contribution >= 0.6 is 23.1 Å². The zero-order chi connectivity index (χ0) is 32.6. The number of imide groups is 1. The third-order valence-corrected chi connectivity index (χ3v) is 12.4. The molecular weight excluding hydrogens is 652 g/mol. The molecule has 0 spiro atoms. The van der Waals surface area contributed by atoms with Crippen LogP contribution in [-0.4, -0.2) is 34.6 Å². The molecule has 3 fully saturated rings. The highest BCUT2D eigenvalue weighted by atomic mass is 32.2. The summed E-state index contributed by atoms with van der Waals surface area (Å²) in [5, 5.41) is 3.05. The molecule has 8 rings (SSSR count). The number of H-pyrrole nitrogens is 1. The highest BCUT2D eigenvalue weighted by molar-refractivity contribution is 8.00. The Hall–Kier alpha value is -4.36. The van der Waals surface area contributed by atoms with E-state index in [2.05, 4.69) is 10.3 Å². The molecule has 3 amide bonds. The number of fused-ring (bicyclic) bond motifs is 9. The molecule has 47 heavy (non-hydrogen) atoms. The molecule has 13 heteroatoms. The average Bonchev–Trinajstić information content (AvgIpc) is 3.79. The van der Waals surface area contributed by atoms with E-state index in [1.54, 1.807) is 54.2 Å². The van der Waals surface area contributed by atoms with Crippen molar-refractivity contribution in [1.29, 1.82) is 0 Å². The van der Waals surface area contributed by atoms with E-state index in [4.69, 9.17) is 4.74 Å². The summed E-state index contributed by atoms with van der Waals surface area (Å²) in [4.78, 5) is 57.9. The van der Waals surface area contributed by atoms with Crippen LogP contribution < -0.4 is 19.8 Å². The van der Waals surface area contributed by atoms with Crippen LogP contribution in [0.15, 0.2) is 88.7 Å². The van der Waals surface area contributed by atoms with Crippen LogP contribution in [0.2, 0.25) is 0 Å². The number of thioether (sulfide) groups is 1. The van der Waals surface area contributed by atoms with Crippen molar-refractivity contribution in [3.05, 3.63) is 105 Å². The normalized spacial score (nSPS) is 27.4. The molecule has 8 nitrogen and oxygen atoms in total. The Morgan fingerprint density at radius 3 is 2.43 bits per heavy atom. The van der Waals surface area contributed by atoms with Crippen LogP contribution in [0.3, 0.4) is 0 Å². The lowest BCUT2D eigenvalue weighted by molar-refractivity contribution is -0.137. The summed E-state index contributed by atoms with van der Waals surface area (Å²) in [7, 11) is 0. The van der Waals surface area contributed by atoms with Gasteiger partial charge in [-0.25, -0.2) is 0 Å². The van der Waals surface area contributed by atoms with Crippen LogP contribution in [0.25, 0.3) is 0 Å². The van der Waals surface area contributed by atoms with Crippen molar-refractivity contribution >= 4 is 52.2 Å². The number of alkyl halides is 3. The van der Waals surface area contributed by atoms with E-state index in [0.717, 1.165) is 39.3 Å². The zero-order valence-electron chi connectivity index (χ0n) is 24.4. The summed E-state index contributed by atoms with van der Waals surface area (Å²) in [6.07, 6.45) is -3.89. The molecule has 1 aromatic heterocycles. The van der Waals surface area contributed by atoms with Gasteiger partial charge >= 0.3 is 11.0 Å². The standard InChI is InChI=1S/C34H26F3N3O5S2/c35-34(36,37)21-11-4-5-12-22(21)38-23(41)15-45-18-10-6-7-16(13-18)24-25-19-14-20(28(25)46-30-29(24)47-33(44)39-30)27-26(19)31(42)40(32(27)43)17-8-2-1-3-9-17/h1-13,19-20,24-28H,14-15H2,(H,38,41)(H,39,44)/t19?,20?,24-,25?,26?,27?,28?/m1/s1. The maximum Gasteiger partial charge on any atom is 0.418 e. The molecular formula is C34H26F3N3O5S2. The van der Waals surface area contributed by atoms with E-state index in [1.165, 1.54) is 23.1 Å². The van der Waals surface area contributed by atoms with Crippen molar-refractivity contribution in [2.24, 2.45) is 29.6 Å². The van der Waals surface area contributed by atoms with Gasteiger partial charge in [-0.15, -0.1) is 11.8 Å². The van der Waals surface area contributed by atoms with Gasteiger partial charge in [0.2, 0.25) is 11.8 Å². The SMILES string of the molecule is O=C(COc1cccc([C@H]2c3sc(=O)[nH]c3SC3C4CC(C5C(=O)N(c6ccccc6)C(=O)C45)C32)c1)Nc1ccccc1C(F)(F)F. The van der Waals surface area contributed by atoms with Gasteiger partial charge in [0.15, 0.2) is 6.61 Å². The van der Waals surface area contributed by atoms with Crippen LogP contribution in [0, 0.1) is 29.6 Å². The quantitative estimate of drug-likeness (QED) is 0.237. The maximum atomic E-state index is 13.9. The first-order chi connectivity index (χ1) is 22.6. The molecule has 2 aliphatic heterocycles. The van der Waals surface area contributed by atoms with Crippen molar-refractivity contribution in [3.63, 3.8) is 0 Å². The predicted molar refractivity (Wildman–Crippen MR) is 169 cm³/mol. The van der Waals surface area contributed by atoms with Gasteiger partial charge in [-0.3, -0.25) is 24.1 Å². The lowest BCUT2D eigenvalue weighted by Crippen LogP contribution is -2.42. The molecule has 3 aromatic carbocycles. The van der Waals surface area contributed by atoms with Crippen LogP contribution in [0.1, 0.15) is 28.3 Å². The largest absolute Gasteiger partial charge is 0.484 e. The molecule has 6 unspecified atom stereocenters. The number of anilines is 2. The molecule has 2 N–H and O–H groups in total. The fourth-order valence-electron chi connectivity index (χ4n) is 8.19. The van der Waals surface area contributed by atoms with Gasteiger partial charge in [0.05, 0.1) is 33.8 Å². The molecule has 4 aromatic rings. The highest BCUT2D eigenvalue weighted by Crippen LogP contribution is 2.68. The van der Waals surface area contributed by atoms with Crippen LogP contribution in [0.4, 0.5) is 24.5 Å². The molecule has 1 saturated heterocycles. The number of nitrogens with zero attached hydrogens (tertiary/aromatic N) is 1. The van der Waals surface area contributed by atoms with Gasteiger partial charge in [-0.2, -0.15) is 13.2 Å². The van der Waals surface area contributed by atoms with Gasteiger partial charge in [0.1, 0.15) is 5.75 Å². The van der Waals surface area contributed by atoms with Gasteiger partial charge in [0.25, 0.3) is 5.91 Å². The minimum atomic E-state index is -4.63. The smallest absolute Gasteiger partial charge is 0.418 e. The second-order valence-corrected chi connectivity index (χ2v) is 14.5. The number of amides is 3. The molecule has 4 aliphatic rings. The zero-order valence-corrected chi connectivity index (χ0v) is 26.0. The average molecular weight is 678 g/mol. The van der Waals surface area contributed by atoms with E-state index in [-0.39, 0.29) is 51.3 Å². The van der Waals surface area contributed by atoms with Crippen LogP contribution in [-0.2, 0) is 20.6 Å². The van der Waals surface area contributed by atoms with Crippen molar-refractivity contribution in [2.75, 3.05) is 16.8 Å². The molecule has 7 atom stereocenters. The minimum Gasteiger partial charge on any atom is -0.484 e. The number of thiazole rings is 1. The first-order valence-electron chi connectivity index (χ1n) is 15.1. The summed E-state index contributed by atoms with van der Waals surface area (Å²) in [5.74, 6) is -2.02. The van der Waals surface area contributed by atoms with Crippen molar-refractivity contribution in [1.82, 2.24) is 4.98 Å². The summed E-state index contributed by atoms with van der Waals surface area (Å²) in [6.45, 7) is -0.522. The monoisotopic (exact) mass is 677 g/mol. The number of aromatic nitrogens is 1. The number of carbonyl (C=O) groups excluding carboxylic acids is 3. The number of halogens is 3. The van der Waals surface area contributed by atoms with Crippen molar-refractivity contribution in [2.45, 2.75) is 28.8 Å². The van der Waals surface area contributed by atoms with E-state index >= 15 is 0 Å². The third-order valence-electron chi connectivity index (χ3n) is 9.83. The Kier molecular flexibility index (Phi) is 7.10. The summed E-state index contributed by atoms with van der Waals surface area (Å²) in [5.41, 5.74) is 0.0905. The second-order valence-electron chi connectivity index (χ2n) is 12.3. The Balaban J connectivity index is 1.07. The number of benzene rings is 3. The first kappa shape index (κ1) is 30.0. The van der Waals surface area contributed by atoms with Gasteiger partial charge in [0, 0.05) is 16.0 Å². The van der Waals surface area contributed by atoms with Crippen molar-refractivity contribution in [3.8, 4) is 5.75 Å². The Bertz CT molecular complexity index is 1980. The summed E-state index contributed by atoms with van der Waals surface area (Å²) >= 11 is 2.72. The molecule has 3 heterocycles. The fourth-order valence-corrected chi connectivity index (χ4v) is 11.1. The number of ether oxygens (including phenoxy) is 1. The third kappa shape index (κ3) is 4.89. The molecule has 2 bridgehead atoms. The van der Waals surface area contributed by atoms with E-state index in [9.17, 15) is 32.3 Å². The highest BCUT2D eigenvalue weighted by Gasteiger charge is 2.69. The van der Waals surface area contributed by atoms with Gasteiger partial charge in [-0.1, -0.05) is 53.8 Å². The van der Waals surface area contributed by atoms with Gasteiger partial charge < -0.3 is 15.0 Å². The van der Waals surface area contributed by atoms with Crippen LogP contribution in [0.5, 0.6) is 5.75 Å². The van der Waals surface area contributed by atoms with E-state index in [0.29, 0.717) is 11.4 Å². The maximum absolute atomic E-state index is 13.9. The predicted octanol–water partition coefficient (Wildman–Crippen LogP) is 6.15. The number of nitrogens with one attached hydrogen (secondary N) is 2. The van der Waals surface area contributed by atoms with E-state index in [1.807, 2.05) is 12.1 Å². The number of carbonyl (C=O) groups is 3. The minimum absolute atomic E-state index is 0.000488. The molecule has 0 radical (unpaired) electrons. The molecule has 2 saturated carbocycles. The Labute approximate surface area is 274 Å². The number of para-hydroxylation sites is 2. The summed E-state index contributed by atoms with van der Waals surface area (Å²) in [6, 6.07) is 20.8. The number of hydrogen-bond acceptors (Lipinski definition) is 7. The first-order valence-corrected chi connectivity index (χ1v) is 16.8. The van der Waals surface area contributed by atoms with Gasteiger partial charge in [-0.05, 0) is 66.1 Å². The Morgan fingerprint density at radius 1 is 0.936 bits per heavy atom. The lowest BCUT2D eigenvalue weighted by Gasteiger charge is -2.43. The second kappa shape index (κ2) is 11.1.